The molecule has 1 aromatic heterocycles. The highest BCUT2D eigenvalue weighted by atomic mass is 35.5. The van der Waals surface area contributed by atoms with Crippen LogP contribution in [0, 0.1) is 0 Å². The van der Waals surface area contributed by atoms with Gasteiger partial charge in [-0.15, -0.1) is 0 Å². The molecule has 5 nitrogen and oxygen atoms in total. The van der Waals surface area contributed by atoms with Crippen molar-refractivity contribution in [3.05, 3.63) is 35.0 Å². The summed E-state index contributed by atoms with van der Waals surface area (Å²) in [7, 11) is 1.50. The second-order valence-corrected chi connectivity index (χ2v) is 3.58. The summed E-state index contributed by atoms with van der Waals surface area (Å²) < 4.78 is 9.71. The second kappa shape index (κ2) is 4.47. The molecule has 0 spiro atoms. The lowest BCUT2D eigenvalue weighted by Crippen LogP contribution is -1.91. The molecular weight excluding hydrogens is 246 g/mol. The molecule has 1 heterocycles. The van der Waals surface area contributed by atoms with Gasteiger partial charge in [-0.2, -0.15) is 0 Å². The average Bonchev–Trinajstić information content (AvgIpc) is 2.78. The van der Waals surface area contributed by atoms with Crippen molar-refractivity contribution in [2.24, 2.45) is 0 Å². The summed E-state index contributed by atoms with van der Waals surface area (Å²) in [5, 5.41) is 12.7. The van der Waals surface area contributed by atoms with E-state index in [0.717, 1.165) is 0 Å². The Hall–Kier alpha value is -2.01. The third-order valence-electron chi connectivity index (χ3n) is 2.18. The number of methoxy groups -OCH3 is 1. The molecule has 17 heavy (non-hydrogen) atoms. The molecule has 0 aliphatic carbocycles. The molecule has 0 saturated heterocycles. The molecular formula is C11H8ClNO4. The molecule has 1 aromatic carbocycles. The van der Waals surface area contributed by atoms with Crippen molar-refractivity contribution in [1.29, 1.82) is 0 Å². The van der Waals surface area contributed by atoms with E-state index in [4.69, 9.17) is 21.4 Å². The van der Waals surface area contributed by atoms with Gasteiger partial charge in [0.2, 0.25) is 5.76 Å². The van der Waals surface area contributed by atoms with E-state index >= 15 is 0 Å². The number of aromatic nitrogens is 1. The van der Waals surface area contributed by atoms with Crippen LogP contribution in [0.4, 0.5) is 0 Å². The lowest BCUT2D eigenvalue weighted by atomic mass is 10.1. The van der Waals surface area contributed by atoms with Crippen LogP contribution in [-0.4, -0.2) is 23.3 Å². The van der Waals surface area contributed by atoms with Crippen LogP contribution in [0.2, 0.25) is 5.02 Å². The maximum absolute atomic E-state index is 10.7. The van der Waals surface area contributed by atoms with E-state index < -0.39 is 5.97 Å². The number of halogens is 1. The van der Waals surface area contributed by atoms with Crippen LogP contribution in [0.25, 0.3) is 11.3 Å². The molecule has 0 bridgehead atoms. The third-order valence-corrected chi connectivity index (χ3v) is 2.57. The number of aromatic carboxylic acids is 1. The predicted octanol–water partition coefficient (Wildman–Crippen LogP) is 2.70. The fraction of sp³-hybridized carbons (Fsp3) is 0.0909. The number of ether oxygens (including phenoxy) is 1. The van der Waals surface area contributed by atoms with Crippen molar-refractivity contribution in [2.45, 2.75) is 0 Å². The molecule has 2 aromatic rings. The molecule has 2 rings (SSSR count). The van der Waals surface area contributed by atoms with Gasteiger partial charge in [0.15, 0.2) is 0 Å². The Morgan fingerprint density at radius 3 is 2.88 bits per heavy atom. The van der Waals surface area contributed by atoms with Crippen LogP contribution in [0.3, 0.4) is 0 Å². The van der Waals surface area contributed by atoms with E-state index in [2.05, 4.69) is 9.68 Å². The smallest absolute Gasteiger partial charge is 0.374 e. The molecule has 0 unspecified atom stereocenters. The molecule has 1 N–H and O–H groups in total. The Morgan fingerprint density at radius 2 is 2.29 bits per heavy atom. The average molecular weight is 254 g/mol. The summed E-state index contributed by atoms with van der Waals surface area (Å²) in [6.07, 6.45) is 0. The minimum absolute atomic E-state index is 0.237. The van der Waals surface area contributed by atoms with Crippen molar-refractivity contribution < 1.29 is 19.2 Å². The van der Waals surface area contributed by atoms with Crippen LogP contribution >= 0.6 is 11.6 Å². The molecule has 0 fully saturated rings. The van der Waals surface area contributed by atoms with Gasteiger partial charge in [-0.25, -0.2) is 4.79 Å². The Balaban J connectivity index is 2.49. The van der Waals surface area contributed by atoms with E-state index in [0.29, 0.717) is 22.0 Å². The number of rotatable bonds is 3. The lowest BCUT2D eigenvalue weighted by molar-refractivity contribution is 0.0652. The first kappa shape index (κ1) is 11.5. The van der Waals surface area contributed by atoms with E-state index in [9.17, 15) is 4.79 Å². The highest BCUT2D eigenvalue weighted by molar-refractivity contribution is 6.34. The van der Waals surface area contributed by atoms with Gasteiger partial charge in [0.25, 0.3) is 0 Å². The van der Waals surface area contributed by atoms with Crippen LogP contribution < -0.4 is 4.74 Å². The number of benzene rings is 1. The summed E-state index contributed by atoms with van der Waals surface area (Å²) in [5.41, 5.74) is 0.911. The minimum Gasteiger partial charge on any atom is -0.495 e. The molecule has 0 saturated carbocycles. The zero-order chi connectivity index (χ0) is 12.4. The quantitative estimate of drug-likeness (QED) is 0.910. The van der Waals surface area contributed by atoms with E-state index in [-0.39, 0.29) is 5.76 Å². The van der Waals surface area contributed by atoms with Gasteiger partial charge in [0, 0.05) is 11.6 Å². The SMILES string of the molecule is COc1cccc(-c2cc(C(=O)O)on2)c1Cl. The normalized spacial score (nSPS) is 10.2. The minimum atomic E-state index is -1.18. The predicted molar refractivity (Wildman–Crippen MR) is 60.5 cm³/mol. The highest BCUT2D eigenvalue weighted by Gasteiger charge is 2.16. The Kier molecular flexibility index (Phi) is 3.01. The van der Waals surface area contributed by atoms with Gasteiger partial charge in [0.1, 0.15) is 11.4 Å². The lowest BCUT2D eigenvalue weighted by Gasteiger charge is -2.05. The molecule has 0 radical (unpaired) electrons. The van der Waals surface area contributed by atoms with Gasteiger partial charge >= 0.3 is 5.97 Å². The number of nitrogens with zero attached hydrogens (tertiary/aromatic N) is 1. The zero-order valence-electron chi connectivity index (χ0n) is 8.81. The van der Waals surface area contributed by atoms with Gasteiger partial charge in [-0.1, -0.05) is 28.9 Å². The number of hydrogen-bond acceptors (Lipinski definition) is 4. The summed E-state index contributed by atoms with van der Waals surface area (Å²) in [5.74, 6) is -0.925. The number of carboxylic acid groups (broad SMARTS) is 1. The first-order valence-corrected chi connectivity index (χ1v) is 5.04. The van der Waals surface area contributed by atoms with Crippen molar-refractivity contribution >= 4 is 17.6 Å². The number of carboxylic acids is 1. The van der Waals surface area contributed by atoms with Gasteiger partial charge < -0.3 is 14.4 Å². The fourth-order valence-electron chi connectivity index (χ4n) is 1.37. The van der Waals surface area contributed by atoms with E-state index in [1.165, 1.54) is 13.2 Å². The summed E-state index contributed by atoms with van der Waals surface area (Å²) in [6.45, 7) is 0. The van der Waals surface area contributed by atoms with E-state index in [1.807, 2.05) is 0 Å². The van der Waals surface area contributed by atoms with Crippen molar-refractivity contribution in [2.75, 3.05) is 7.11 Å². The zero-order valence-corrected chi connectivity index (χ0v) is 9.56. The summed E-state index contributed by atoms with van der Waals surface area (Å²) in [4.78, 5) is 10.7. The van der Waals surface area contributed by atoms with Crippen LogP contribution in [0.5, 0.6) is 5.75 Å². The van der Waals surface area contributed by atoms with Gasteiger partial charge in [-0.3, -0.25) is 0 Å². The number of carbonyl (C=O) groups is 1. The van der Waals surface area contributed by atoms with Crippen LogP contribution in [0.1, 0.15) is 10.6 Å². The number of hydrogen-bond donors (Lipinski definition) is 1. The Bertz CT molecular complexity index is 564. The van der Waals surface area contributed by atoms with Crippen molar-refractivity contribution in [3.63, 3.8) is 0 Å². The first-order valence-electron chi connectivity index (χ1n) is 4.66. The molecule has 88 valence electrons. The molecule has 0 aliphatic rings. The first-order chi connectivity index (χ1) is 8.13. The summed E-state index contributed by atoms with van der Waals surface area (Å²) >= 11 is 6.08. The summed E-state index contributed by atoms with van der Waals surface area (Å²) in [6, 6.07) is 6.44. The fourth-order valence-corrected chi connectivity index (χ4v) is 1.67. The molecule has 0 atom stereocenters. The monoisotopic (exact) mass is 253 g/mol. The second-order valence-electron chi connectivity index (χ2n) is 3.20. The largest absolute Gasteiger partial charge is 0.495 e. The van der Waals surface area contributed by atoms with Crippen molar-refractivity contribution in [1.82, 2.24) is 5.16 Å². The van der Waals surface area contributed by atoms with Crippen LogP contribution in [-0.2, 0) is 0 Å². The maximum atomic E-state index is 10.7. The van der Waals surface area contributed by atoms with Gasteiger partial charge in [-0.05, 0) is 6.07 Å². The van der Waals surface area contributed by atoms with E-state index in [1.54, 1.807) is 18.2 Å². The molecule has 6 heteroatoms. The van der Waals surface area contributed by atoms with Gasteiger partial charge in [0.05, 0.1) is 12.1 Å². The third kappa shape index (κ3) is 2.09. The topological polar surface area (TPSA) is 72.6 Å². The highest BCUT2D eigenvalue weighted by Crippen LogP contribution is 2.34. The maximum Gasteiger partial charge on any atom is 0.374 e. The van der Waals surface area contributed by atoms with Crippen LogP contribution in [0.15, 0.2) is 28.8 Å². The standard InChI is InChI=1S/C11H8ClNO4/c1-16-8-4-2-3-6(10(8)12)7-5-9(11(14)15)17-13-7/h2-5H,1H3,(H,14,15). The van der Waals surface area contributed by atoms with Crippen molar-refractivity contribution in [3.8, 4) is 17.0 Å². The Labute approximate surface area is 102 Å². The Morgan fingerprint density at radius 1 is 1.53 bits per heavy atom. The molecule has 0 aliphatic heterocycles. The molecule has 0 amide bonds.